The molecular weight excluding hydrogens is 320 g/mol. The third kappa shape index (κ3) is 4.76. The van der Waals surface area contributed by atoms with E-state index in [0.29, 0.717) is 12.3 Å². The van der Waals surface area contributed by atoms with E-state index in [-0.39, 0.29) is 23.1 Å². The molecule has 2 N–H and O–H groups in total. The Balaban J connectivity index is 2.00. The molecule has 1 aromatic carbocycles. The fraction of sp³-hybridized carbons (Fsp3) is 0.579. The number of carbonyl (C=O) groups excluding carboxylic acids is 2. The van der Waals surface area contributed by atoms with Crippen LogP contribution in [0, 0.1) is 12.8 Å². The highest BCUT2D eigenvalue weighted by atomic mass is 32.2. The summed E-state index contributed by atoms with van der Waals surface area (Å²) >= 11 is 1.58. The molecule has 5 heteroatoms. The van der Waals surface area contributed by atoms with E-state index in [9.17, 15) is 9.59 Å². The van der Waals surface area contributed by atoms with Crippen molar-refractivity contribution in [2.45, 2.75) is 50.8 Å². The molecule has 2 rings (SSSR count). The lowest BCUT2D eigenvalue weighted by Crippen LogP contribution is -2.44. The zero-order valence-electron chi connectivity index (χ0n) is 15.1. The van der Waals surface area contributed by atoms with Gasteiger partial charge in [-0.25, -0.2) is 0 Å². The van der Waals surface area contributed by atoms with Crippen LogP contribution in [0.2, 0.25) is 0 Å². The van der Waals surface area contributed by atoms with Crippen LogP contribution < -0.4 is 5.73 Å². The predicted octanol–water partition coefficient (Wildman–Crippen LogP) is 3.11. The number of rotatable bonds is 4. The van der Waals surface area contributed by atoms with Crippen LogP contribution in [0.25, 0.3) is 0 Å². The van der Waals surface area contributed by atoms with Crippen LogP contribution in [0.4, 0.5) is 0 Å². The molecule has 2 amide bonds. The molecule has 0 saturated carbocycles. The number of nitrogens with zero attached hydrogens (tertiary/aromatic N) is 1. The molecule has 4 nitrogen and oxygen atoms in total. The second kappa shape index (κ2) is 7.60. The summed E-state index contributed by atoms with van der Waals surface area (Å²) in [6, 6.07) is 6.47. The summed E-state index contributed by atoms with van der Waals surface area (Å²) in [5.74, 6) is -0.000968. The monoisotopic (exact) mass is 348 g/mol. The van der Waals surface area contributed by atoms with Crippen molar-refractivity contribution in [2.24, 2.45) is 11.7 Å². The van der Waals surface area contributed by atoms with Gasteiger partial charge in [-0.05, 0) is 42.4 Å². The predicted molar refractivity (Wildman–Crippen MR) is 99.1 cm³/mol. The fourth-order valence-corrected chi connectivity index (χ4v) is 3.86. The van der Waals surface area contributed by atoms with Gasteiger partial charge in [-0.15, -0.1) is 11.8 Å². The van der Waals surface area contributed by atoms with Crippen LogP contribution in [-0.4, -0.2) is 35.6 Å². The van der Waals surface area contributed by atoms with Crippen LogP contribution in [0.15, 0.2) is 23.1 Å². The van der Waals surface area contributed by atoms with Gasteiger partial charge in [0.05, 0.1) is 11.7 Å². The molecule has 1 aromatic rings. The van der Waals surface area contributed by atoms with E-state index in [2.05, 4.69) is 45.9 Å². The summed E-state index contributed by atoms with van der Waals surface area (Å²) in [6.45, 7) is 9.84. The highest BCUT2D eigenvalue weighted by Gasteiger charge is 2.27. The number of carbonyl (C=O) groups is 2. The topological polar surface area (TPSA) is 63.4 Å². The summed E-state index contributed by atoms with van der Waals surface area (Å²) in [4.78, 5) is 26.8. The number of benzene rings is 1. The standard InChI is InChI=1S/C19H28N2O2S/c1-13-7-8-15(19(2,3)4)10-16(13)24-12-17(22)21-9-5-6-14(11-21)18(20)23/h7-8,10,14H,5-6,9,11-12H2,1-4H3,(H2,20,23)/t14-/m1/s1. The second-order valence-electron chi connectivity index (χ2n) is 7.60. The van der Waals surface area contributed by atoms with Crippen molar-refractivity contribution in [3.05, 3.63) is 29.3 Å². The molecule has 1 atom stereocenters. The first-order valence-electron chi connectivity index (χ1n) is 8.49. The van der Waals surface area contributed by atoms with Crippen molar-refractivity contribution < 1.29 is 9.59 Å². The number of amides is 2. The molecule has 0 spiro atoms. The minimum atomic E-state index is -0.297. The normalized spacial score (nSPS) is 18.5. The van der Waals surface area contributed by atoms with E-state index in [1.165, 1.54) is 11.1 Å². The summed E-state index contributed by atoms with van der Waals surface area (Å²) in [7, 11) is 0. The number of likely N-dealkylation sites (tertiary alicyclic amines) is 1. The first kappa shape index (κ1) is 18.8. The molecule has 1 fully saturated rings. The smallest absolute Gasteiger partial charge is 0.232 e. The number of nitrogens with two attached hydrogens (primary N) is 1. The van der Waals surface area contributed by atoms with E-state index < -0.39 is 0 Å². The van der Waals surface area contributed by atoms with Crippen molar-refractivity contribution in [3.8, 4) is 0 Å². The minimum absolute atomic E-state index is 0.0894. The van der Waals surface area contributed by atoms with Gasteiger partial charge in [-0.2, -0.15) is 0 Å². The lowest BCUT2D eigenvalue weighted by Gasteiger charge is -2.31. The quantitative estimate of drug-likeness (QED) is 0.851. The number of primary amides is 1. The van der Waals surface area contributed by atoms with Gasteiger partial charge in [0.1, 0.15) is 0 Å². The van der Waals surface area contributed by atoms with Crippen LogP contribution >= 0.6 is 11.8 Å². The molecule has 1 aliphatic heterocycles. The number of aryl methyl sites for hydroxylation is 1. The van der Waals surface area contributed by atoms with Gasteiger partial charge in [0.15, 0.2) is 0 Å². The summed E-state index contributed by atoms with van der Waals surface area (Å²) < 4.78 is 0. The van der Waals surface area contributed by atoms with Crippen LogP contribution in [0.5, 0.6) is 0 Å². The minimum Gasteiger partial charge on any atom is -0.369 e. The Labute approximate surface area is 149 Å². The van der Waals surface area contributed by atoms with Gasteiger partial charge >= 0.3 is 0 Å². The zero-order valence-corrected chi connectivity index (χ0v) is 15.9. The van der Waals surface area contributed by atoms with Crippen molar-refractivity contribution in [1.82, 2.24) is 4.90 Å². The average Bonchev–Trinajstić information content (AvgIpc) is 2.52. The van der Waals surface area contributed by atoms with Crippen molar-refractivity contribution in [3.63, 3.8) is 0 Å². The number of hydrogen-bond donors (Lipinski definition) is 1. The van der Waals surface area contributed by atoms with Crippen LogP contribution in [-0.2, 0) is 15.0 Å². The van der Waals surface area contributed by atoms with E-state index >= 15 is 0 Å². The van der Waals surface area contributed by atoms with Crippen molar-refractivity contribution in [1.29, 1.82) is 0 Å². The largest absolute Gasteiger partial charge is 0.369 e. The Morgan fingerprint density at radius 1 is 1.33 bits per heavy atom. The molecule has 132 valence electrons. The third-order valence-electron chi connectivity index (χ3n) is 4.58. The highest BCUT2D eigenvalue weighted by molar-refractivity contribution is 8.00. The average molecular weight is 349 g/mol. The van der Waals surface area contributed by atoms with Gasteiger partial charge in [-0.3, -0.25) is 9.59 Å². The molecule has 0 radical (unpaired) electrons. The van der Waals surface area contributed by atoms with Crippen LogP contribution in [0.1, 0.15) is 44.7 Å². The molecule has 24 heavy (non-hydrogen) atoms. The Morgan fingerprint density at radius 3 is 2.67 bits per heavy atom. The molecular formula is C19H28N2O2S. The maximum absolute atomic E-state index is 12.5. The van der Waals surface area contributed by atoms with Gasteiger partial charge in [0.25, 0.3) is 0 Å². The maximum atomic E-state index is 12.5. The highest BCUT2D eigenvalue weighted by Crippen LogP contribution is 2.30. The van der Waals surface area contributed by atoms with E-state index in [1.807, 2.05) is 0 Å². The maximum Gasteiger partial charge on any atom is 0.232 e. The van der Waals surface area contributed by atoms with Crippen molar-refractivity contribution in [2.75, 3.05) is 18.8 Å². The SMILES string of the molecule is Cc1ccc(C(C)(C)C)cc1SCC(=O)N1CCC[C@@H](C(N)=O)C1. The molecule has 1 aliphatic rings. The van der Waals surface area contributed by atoms with Crippen LogP contribution in [0.3, 0.4) is 0 Å². The Kier molecular flexibility index (Phi) is 5.97. The first-order valence-corrected chi connectivity index (χ1v) is 9.48. The molecule has 0 aliphatic carbocycles. The van der Waals surface area contributed by atoms with E-state index in [0.717, 1.165) is 24.3 Å². The second-order valence-corrected chi connectivity index (χ2v) is 8.62. The molecule has 1 heterocycles. The van der Waals surface area contributed by atoms with Crippen molar-refractivity contribution >= 4 is 23.6 Å². The molecule has 1 saturated heterocycles. The third-order valence-corrected chi connectivity index (χ3v) is 5.72. The van der Waals surface area contributed by atoms with E-state index in [4.69, 9.17) is 5.73 Å². The van der Waals surface area contributed by atoms with Gasteiger partial charge < -0.3 is 10.6 Å². The molecule has 0 unspecified atom stereocenters. The number of piperidine rings is 1. The lowest BCUT2D eigenvalue weighted by molar-refractivity contribution is -0.132. The summed E-state index contributed by atoms with van der Waals surface area (Å²) in [5, 5.41) is 0. The Bertz CT molecular complexity index is 622. The molecule has 0 aromatic heterocycles. The first-order chi connectivity index (χ1) is 11.2. The Hall–Kier alpha value is -1.49. The number of thioether (sulfide) groups is 1. The summed E-state index contributed by atoms with van der Waals surface area (Å²) in [5.41, 5.74) is 7.94. The number of hydrogen-bond acceptors (Lipinski definition) is 3. The zero-order chi connectivity index (χ0) is 17.9. The fourth-order valence-electron chi connectivity index (χ4n) is 2.89. The van der Waals surface area contributed by atoms with Gasteiger partial charge in [0, 0.05) is 18.0 Å². The summed E-state index contributed by atoms with van der Waals surface area (Å²) in [6.07, 6.45) is 1.64. The van der Waals surface area contributed by atoms with Gasteiger partial charge in [-0.1, -0.05) is 32.9 Å². The Morgan fingerprint density at radius 2 is 2.04 bits per heavy atom. The van der Waals surface area contributed by atoms with E-state index in [1.54, 1.807) is 16.7 Å². The lowest BCUT2D eigenvalue weighted by atomic mass is 9.87. The molecule has 0 bridgehead atoms. The van der Waals surface area contributed by atoms with Gasteiger partial charge in [0.2, 0.25) is 11.8 Å².